The van der Waals surface area contributed by atoms with Crippen molar-refractivity contribution >= 4 is 16.9 Å². The second kappa shape index (κ2) is 9.67. The lowest BCUT2D eigenvalue weighted by atomic mass is 9.98. The van der Waals surface area contributed by atoms with Crippen LogP contribution in [0.2, 0.25) is 0 Å². The summed E-state index contributed by atoms with van der Waals surface area (Å²) in [5.41, 5.74) is 0.853. The number of phenolic OH excluding ortho intramolecular Hbond substituents is 1. The van der Waals surface area contributed by atoms with E-state index in [1.165, 1.54) is 25.7 Å². The fourth-order valence-electron chi connectivity index (χ4n) is 4.49. The third kappa shape index (κ3) is 4.33. The minimum Gasteiger partial charge on any atom is -0.507 e. The van der Waals surface area contributed by atoms with Gasteiger partial charge in [-0.15, -0.1) is 0 Å². The van der Waals surface area contributed by atoms with E-state index in [2.05, 4.69) is 11.8 Å². The number of carbonyl (C=O) groups is 1. The van der Waals surface area contributed by atoms with Gasteiger partial charge >= 0.3 is 5.97 Å². The minimum absolute atomic E-state index is 0.0308. The lowest BCUT2D eigenvalue weighted by molar-refractivity contribution is 0.0491. The molecule has 1 aromatic heterocycles. The summed E-state index contributed by atoms with van der Waals surface area (Å²) in [6, 6.07) is 10.4. The molecule has 0 spiro atoms. The molecule has 0 radical (unpaired) electrons. The highest BCUT2D eigenvalue weighted by Gasteiger charge is 2.28. The van der Waals surface area contributed by atoms with Crippen molar-refractivity contribution in [3.8, 4) is 22.6 Å². The molecule has 1 fully saturated rings. The predicted molar refractivity (Wildman–Crippen MR) is 126 cm³/mol. The molecule has 33 heavy (non-hydrogen) atoms. The van der Waals surface area contributed by atoms with Gasteiger partial charge in [0, 0.05) is 18.2 Å². The van der Waals surface area contributed by atoms with Gasteiger partial charge < -0.3 is 19.0 Å². The van der Waals surface area contributed by atoms with Crippen molar-refractivity contribution in [1.29, 1.82) is 0 Å². The standard InChI is InChI=1S/C26H29NO6/c1-4-32-26(30)25-22(17-10-5-6-11-21(17)31-3)23(29)18-12-13-20(28)19(24(18)33-25)15-27-14-8-7-9-16(27)2/h5-6,10-13,16,28H,4,7-9,14-15H2,1-3H3. The van der Waals surface area contributed by atoms with Gasteiger partial charge in [-0.25, -0.2) is 4.79 Å². The molecule has 7 nitrogen and oxygen atoms in total. The second-order valence-electron chi connectivity index (χ2n) is 8.31. The van der Waals surface area contributed by atoms with Crippen LogP contribution in [0.1, 0.15) is 49.2 Å². The van der Waals surface area contributed by atoms with E-state index in [9.17, 15) is 14.7 Å². The van der Waals surface area contributed by atoms with Crippen molar-refractivity contribution < 1.29 is 23.8 Å². The molecule has 1 aliphatic heterocycles. The summed E-state index contributed by atoms with van der Waals surface area (Å²) < 4.78 is 16.8. The van der Waals surface area contributed by atoms with E-state index in [1.54, 1.807) is 31.2 Å². The Morgan fingerprint density at radius 2 is 2.00 bits per heavy atom. The Morgan fingerprint density at radius 1 is 1.21 bits per heavy atom. The maximum atomic E-state index is 13.7. The first-order valence-electron chi connectivity index (χ1n) is 11.3. The molecular weight excluding hydrogens is 422 g/mol. The quantitative estimate of drug-likeness (QED) is 0.542. The fraction of sp³-hybridized carbons (Fsp3) is 0.385. The molecule has 1 atom stereocenters. The number of aromatic hydroxyl groups is 1. The Kier molecular flexibility index (Phi) is 6.70. The van der Waals surface area contributed by atoms with Crippen molar-refractivity contribution in [3.63, 3.8) is 0 Å². The highest BCUT2D eigenvalue weighted by Crippen LogP contribution is 2.35. The molecule has 0 amide bonds. The van der Waals surface area contributed by atoms with Gasteiger partial charge in [-0.2, -0.15) is 0 Å². The topological polar surface area (TPSA) is 89.2 Å². The number of likely N-dealkylation sites (tertiary alicyclic amines) is 1. The summed E-state index contributed by atoms with van der Waals surface area (Å²) in [5, 5.41) is 11.0. The van der Waals surface area contributed by atoms with Gasteiger partial charge in [-0.05, 0) is 51.4 Å². The number of benzene rings is 2. The number of carbonyl (C=O) groups excluding carboxylic acids is 1. The minimum atomic E-state index is -0.738. The van der Waals surface area contributed by atoms with Crippen LogP contribution >= 0.6 is 0 Å². The van der Waals surface area contributed by atoms with E-state index in [-0.39, 0.29) is 34.7 Å². The summed E-state index contributed by atoms with van der Waals surface area (Å²) >= 11 is 0. The van der Waals surface area contributed by atoms with Crippen LogP contribution in [-0.4, -0.2) is 42.3 Å². The Morgan fingerprint density at radius 3 is 2.73 bits per heavy atom. The van der Waals surface area contributed by atoms with Gasteiger partial charge in [0.15, 0.2) is 0 Å². The smallest absolute Gasteiger partial charge is 0.375 e. The molecule has 7 heteroatoms. The first-order valence-corrected chi connectivity index (χ1v) is 11.3. The summed E-state index contributed by atoms with van der Waals surface area (Å²) in [7, 11) is 1.50. The van der Waals surface area contributed by atoms with Crippen LogP contribution in [0.5, 0.6) is 11.5 Å². The van der Waals surface area contributed by atoms with Crippen molar-refractivity contribution in [2.75, 3.05) is 20.3 Å². The fourth-order valence-corrected chi connectivity index (χ4v) is 4.49. The molecule has 4 rings (SSSR count). The van der Waals surface area contributed by atoms with Crippen LogP contribution in [0, 0.1) is 0 Å². The largest absolute Gasteiger partial charge is 0.507 e. The number of methoxy groups -OCH3 is 1. The number of ether oxygens (including phenoxy) is 2. The van der Waals surface area contributed by atoms with Gasteiger partial charge in [0.05, 0.1) is 30.2 Å². The van der Waals surface area contributed by atoms with Crippen molar-refractivity contribution in [3.05, 3.63) is 57.9 Å². The number of fused-ring (bicyclic) bond motifs is 1. The molecule has 0 aliphatic carbocycles. The third-order valence-electron chi connectivity index (χ3n) is 6.28. The zero-order chi connectivity index (χ0) is 23.5. The average molecular weight is 452 g/mol. The second-order valence-corrected chi connectivity index (χ2v) is 8.31. The average Bonchev–Trinajstić information content (AvgIpc) is 2.82. The summed E-state index contributed by atoms with van der Waals surface area (Å²) in [6.07, 6.45) is 3.32. The van der Waals surface area contributed by atoms with Crippen LogP contribution in [0.25, 0.3) is 22.1 Å². The van der Waals surface area contributed by atoms with Crippen molar-refractivity contribution in [1.82, 2.24) is 4.90 Å². The lowest BCUT2D eigenvalue weighted by Crippen LogP contribution is -2.36. The number of hydrogen-bond donors (Lipinski definition) is 1. The molecule has 2 aromatic carbocycles. The highest BCUT2D eigenvalue weighted by molar-refractivity contribution is 5.99. The number of esters is 1. The molecule has 1 saturated heterocycles. The molecule has 1 unspecified atom stereocenters. The number of para-hydroxylation sites is 1. The van der Waals surface area contributed by atoms with E-state index in [1.807, 2.05) is 0 Å². The first kappa shape index (κ1) is 22.9. The normalized spacial score (nSPS) is 16.6. The number of nitrogens with zero attached hydrogens (tertiary/aromatic N) is 1. The zero-order valence-corrected chi connectivity index (χ0v) is 19.2. The molecular formula is C26H29NO6. The molecule has 0 bridgehead atoms. The van der Waals surface area contributed by atoms with Gasteiger partial charge in [0.2, 0.25) is 11.2 Å². The van der Waals surface area contributed by atoms with E-state index in [4.69, 9.17) is 13.9 Å². The maximum absolute atomic E-state index is 13.7. The number of piperidine rings is 1. The van der Waals surface area contributed by atoms with Crippen LogP contribution in [0.15, 0.2) is 45.6 Å². The van der Waals surface area contributed by atoms with E-state index in [0.717, 1.165) is 19.4 Å². The predicted octanol–water partition coefficient (Wildman–Crippen LogP) is 4.73. The van der Waals surface area contributed by atoms with E-state index in [0.29, 0.717) is 34.8 Å². The van der Waals surface area contributed by atoms with Crippen LogP contribution < -0.4 is 10.2 Å². The van der Waals surface area contributed by atoms with Crippen molar-refractivity contribution in [2.45, 2.75) is 45.7 Å². The monoisotopic (exact) mass is 451 g/mol. The Labute approximate surface area is 192 Å². The molecule has 3 aromatic rings. The lowest BCUT2D eigenvalue weighted by Gasteiger charge is -2.33. The number of rotatable bonds is 6. The maximum Gasteiger partial charge on any atom is 0.375 e. The summed E-state index contributed by atoms with van der Waals surface area (Å²) in [4.78, 5) is 28.9. The van der Waals surface area contributed by atoms with Gasteiger partial charge in [0.1, 0.15) is 17.1 Å². The first-order chi connectivity index (χ1) is 16.0. The molecule has 2 heterocycles. The third-order valence-corrected chi connectivity index (χ3v) is 6.28. The van der Waals surface area contributed by atoms with Gasteiger partial charge in [-0.1, -0.05) is 24.6 Å². The van der Waals surface area contributed by atoms with Crippen LogP contribution in [0.4, 0.5) is 0 Å². The van der Waals surface area contributed by atoms with Crippen LogP contribution in [-0.2, 0) is 11.3 Å². The van der Waals surface area contributed by atoms with E-state index >= 15 is 0 Å². The molecule has 174 valence electrons. The Bertz CT molecular complexity index is 1230. The molecule has 0 saturated carbocycles. The number of hydrogen-bond acceptors (Lipinski definition) is 7. The van der Waals surface area contributed by atoms with E-state index < -0.39 is 5.97 Å². The Balaban J connectivity index is 1.97. The van der Waals surface area contributed by atoms with Crippen molar-refractivity contribution in [2.24, 2.45) is 0 Å². The zero-order valence-electron chi connectivity index (χ0n) is 19.2. The Hall–Kier alpha value is -3.32. The molecule has 1 N–H and O–H groups in total. The summed E-state index contributed by atoms with van der Waals surface area (Å²) in [6.45, 7) is 5.29. The summed E-state index contributed by atoms with van der Waals surface area (Å²) in [5.74, 6) is -0.463. The van der Waals surface area contributed by atoms with Gasteiger partial charge in [0.25, 0.3) is 0 Å². The SMILES string of the molecule is CCOC(=O)c1oc2c(CN3CCCCC3C)c(O)ccc2c(=O)c1-c1ccccc1OC. The highest BCUT2D eigenvalue weighted by atomic mass is 16.5. The van der Waals surface area contributed by atoms with Gasteiger partial charge in [-0.3, -0.25) is 9.69 Å². The molecule has 1 aliphatic rings. The number of phenols is 1. The van der Waals surface area contributed by atoms with Crippen LogP contribution in [0.3, 0.4) is 0 Å².